The Balaban J connectivity index is 2.33. The molecule has 0 aliphatic rings. The van der Waals surface area contributed by atoms with Gasteiger partial charge >= 0.3 is 5.97 Å². The number of benzene rings is 1. The number of nitrogens with zero attached hydrogens (tertiary/aromatic N) is 4. The predicted octanol–water partition coefficient (Wildman–Crippen LogP) is 1.85. The monoisotopic (exact) mass is 284 g/mol. The summed E-state index contributed by atoms with van der Waals surface area (Å²) in [5.74, 6) is -1.90. The van der Waals surface area contributed by atoms with Crippen LogP contribution in [-0.2, 0) is 11.3 Å². The third-order valence-corrected chi connectivity index (χ3v) is 2.88. The molecule has 1 aromatic heterocycles. The standard InChI is InChI=1S/C11H10ClFN4O2/c1-6(11(18)19)5-17-10(14-15-16-17)7-2-3-8(12)9(13)4-7/h2-4,6H,5H2,1H3,(H,18,19). The van der Waals surface area contributed by atoms with Gasteiger partial charge in [0.2, 0.25) is 0 Å². The van der Waals surface area contributed by atoms with Gasteiger partial charge in [0.25, 0.3) is 0 Å². The van der Waals surface area contributed by atoms with Gasteiger partial charge in [-0.05, 0) is 28.6 Å². The number of hydrogen-bond acceptors (Lipinski definition) is 4. The Morgan fingerprint density at radius 3 is 2.95 bits per heavy atom. The van der Waals surface area contributed by atoms with Crippen LogP contribution in [0.2, 0.25) is 5.02 Å². The van der Waals surface area contributed by atoms with Crippen LogP contribution in [0, 0.1) is 11.7 Å². The van der Waals surface area contributed by atoms with Gasteiger partial charge in [0.15, 0.2) is 5.82 Å². The molecule has 6 nitrogen and oxygen atoms in total. The summed E-state index contributed by atoms with van der Waals surface area (Å²) in [4.78, 5) is 10.8. The molecular formula is C11H10ClFN4O2. The number of halogens is 2. The Morgan fingerprint density at radius 1 is 1.58 bits per heavy atom. The summed E-state index contributed by atoms with van der Waals surface area (Å²) in [6.45, 7) is 1.64. The van der Waals surface area contributed by atoms with E-state index in [9.17, 15) is 9.18 Å². The van der Waals surface area contributed by atoms with Crippen LogP contribution in [0.4, 0.5) is 4.39 Å². The Morgan fingerprint density at radius 2 is 2.32 bits per heavy atom. The quantitative estimate of drug-likeness (QED) is 0.927. The highest BCUT2D eigenvalue weighted by Crippen LogP contribution is 2.22. The van der Waals surface area contributed by atoms with Crippen molar-refractivity contribution in [2.24, 2.45) is 5.92 Å². The molecule has 1 atom stereocenters. The number of hydrogen-bond donors (Lipinski definition) is 1. The first-order valence-corrected chi connectivity index (χ1v) is 5.81. The summed E-state index contributed by atoms with van der Waals surface area (Å²) in [7, 11) is 0. The third kappa shape index (κ3) is 2.87. The molecule has 0 fully saturated rings. The van der Waals surface area contributed by atoms with Gasteiger partial charge in [-0.2, -0.15) is 0 Å². The molecule has 1 unspecified atom stereocenters. The second-order valence-electron chi connectivity index (χ2n) is 4.05. The number of aliphatic carboxylic acids is 1. The van der Waals surface area contributed by atoms with Crippen LogP contribution in [0.5, 0.6) is 0 Å². The maximum atomic E-state index is 13.4. The van der Waals surface area contributed by atoms with Crippen molar-refractivity contribution in [1.29, 1.82) is 0 Å². The molecule has 100 valence electrons. The van der Waals surface area contributed by atoms with E-state index in [1.807, 2.05) is 0 Å². The smallest absolute Gasteiger partial charge is 0.308 e. The molecule has 2 rings (SSSR count). The first kappa shape index (κ1) is 13.4. The van der Waals surface area contributed by atoms with Crippen LogP contribution < -0.4 is 0 Å². The summed E-state index contributed by atoms with van der Waals surface area (Å²) in [6, 6.07) is 4.17. The maximum Gasteiger partial charge on any atom is 0.308 e. The van der Waals surface area contributed by atoms with Crippen molar-refractivity contribution < 1.29 is 14.3 Å². The number of tetrazole rings is 1. The number of aromatic nitrogens is 4. The lowest BCUT2D eigenvalue weighted by atomic mass is 10.1. The van der Waals surface area contributed by atoms with Crippen molar-refractivity contribution in [2.45, 2.75) is 13.5 Å². The fraction of sp³-hybridized carbons (Fsp3) is 0.273. The molecule has 19 heavy (non-hydrogen) atoms. The van der Waals surface area contributed by atoms with E-state index in [1.54, 1.807) is 6.07 Å². The molecule has 1 aromatic carbocycles. The highest BCUT2D eigenvalue weighted by Gasteiger charge is 2.17. The van der Waals surface area contributed by atoms with E-state index in [4.69, 9.17) is 16.7 Å². The zero-order valence-electron chi connectivity index (χ0n) is 9.92. The largest absolute Gasteiger partial charge is 0.481 e. The van der Waals surface area contributed by atoms with Crippen LogP contribution in [0.3, 0.4) is 0 Å². The fourth-order valence-corrected chi connectivity index (χ4v) is 1.62. The molecule has 0 saturated heterocycles. The molecule has 0 bridgehead atoms. The van der Waals surface area contributed by atoms with Gasteiger partial charge in [0, 0.05) is 5.56 Å². The van der Waals surface area contributed by atoms with Crippen LogP contribution in [0.15, 0.2) is 18.2 Å². The number of carboxylic acids is 1. The molecule has 1 N–H and O–H groups in total. The minimum absolute atomic E-state index is 0.00155. The van der Waals surface area contributed by atoms with Crippen molar-refractivity contribution in [2.75, 3.05) is 0 Å². The van der Waals surface area contributed by atoms with Gasteiger partial charge in [0.05, 0.1) is 17.5 Å². The Labute approximate surface area is 112 Å². The lowest BCUT2D eigenvalue weighted by molar-refractivity contribution is -0.141. The summed E-state index contributed by atoms with van der Waals surface area (Å²) in [5, 5.41) is 19.8. The minimum Gasteiger partial charge on any atom is -0.481 e. The molecule has 1 heterocycles. The predicted molar refractivity (Wildman–Crippen MR) is 65.0 cm³/mol. The average Bonchev–Trinajstić information content (AvgIpc) is 2.80. The number of carbonyl (C=O) groups is 1. The molecule has 0 aliphatic carbocycles. The van der Waals surface area contributed by atoms with Gasteiger partial charge in [-0.25, -0.2) is 9.07 Å². The average molecular weight is 285 g/mol. The van der Waals surface area contributed by atoms with Crippen molar-refractivity contribution >= 4 is 17.6 Å². The number of rotatable bonds is 4. The molecule has 0 saturated carbocycles. The zero-order valence-corrected chi connectivity index (χ0v) is 10.7. The van der Waals surface area contributed by atoms with Crippen molar-refractivity contribution in [3.63, 3.8) is 0 Å². The van der Waals surface area contributed by atoms with E-state index < -0.39 is 17.7 Å². The van der Waals surface area contributed by atoms with Crippen molar-refractivity contribution in [1.82, 2.24) is 20.2 Å². The molecule has 0 aliphatic heterocycles. The van der Waals surface area contributed by atoms with Crippen LogP contribution in [0.1, 0.15) is 6.92 Å². The molecule has 8 heteroatoms. The van der Waals surface area contributed by atoms with Gasteiger partial charge in [0.1, 0.15) is 5.82 Å². The van der Waals surface area contributed by atoms with Gasteiger partial charge < -0.3 is 5.11 Å². The van der Waals surface area contributed by atoms with E-state index in [-0.39, 0.29) is 11.6 Å². The van der Waals surface area contributed by atoms with E-state index in [0.717, 1.165) is 0 Å². The Hall–Kier alpha value is -2.02. The first-order chi connectivity index (χ1) is 8.99. The number of carboxylic acid groups (broad SMARTS) is 1. The molecular weight excluding hydrogens is 275 g/mol. The maximum absolute atomic E-state index is 13.4. The summed E-state index contributed by atoms with van der Waals surface area (Å²) < 4.78 is 14.7. The third-order valence-electron chi connectivity index (χ3n) is 2.58. The van der Waals surface area contributed by atoms with Gasteiger partial charge in [-0.1, -0.05) is 18.5 Å². The summed E-state index contributed by atoms with van der Waals surface area (Å²) in [5.41, 5.74) is 0.435. The van der Waals surface area contributed by atoms with Crippen LogP contribution in [-0.4, -0.2) is 31.3 Å². The highest BCUT2D eigenvalue weighted by molar-refractivity contribution is 6.30. The fourth-order valence-electron chi connectivity index (χ4n) is 1.51. The topological polar surface area (TPSA) is 80.9 Å². The highest BCUT2D eigenvalue weighted by atomic mass is 35.5. The lowest BCUT2D eigenvalue weighted by Crippen LogP contribution is -2.18. The molecule has 0 spiro atoms. The SMILES string of the molecule is CC(Cn1nnnc1-c1ccc(Cl)c(F)c1)C(=O)O. The van der Waals surface area contributed by atoms with Crippen molar-refractivity contribution in [3.8, 4) is 11.4 Å². The summed E-state index contributed by atoms with van der Waals surface area (Å²) in [6.07, 6.45) is 0. The molecule has 0 radical (unpaired) electrons. The Bertz CT molecular complexity index is 616. The lowest BCUT2D eigenvalue weighted by Gasteiger charge is -2.08. The van der Waals surface area contributed by atoms with Crippen molar-refractivity contribution in [3.05, 3.63) is 29.0 Å². The van der Waals surface area contributed by atoms with E-state index in [1.165, 1.54) is 23.7 Å². The van der Waals surface area contributed by atoms with Gasteiger partial charge in [-0.3, -0.25) is 4.79 Å². The van der Waals surface area contributed by atoms with Crippen LogP contribution in [0.25, 0.3) is 11.4 Å². The van der Waals surface area contributed by atoms with E-state index in [2.05, 4.69) is 15.5 Å². The van der Waals surface area contributed by atoms with Gasteiger partial charge in [-0.15, -0.1) is 5.10 Å². The molecule has 2 aromatic rings. The molecule has 0 amide bonds. The Kier molecular flexibility index (Phi) is 3.75. The van der Waals surface area contributed by atoms with E-state index in [0.29, 0.717) is 11.4 Å². The second-order valence-corrected chi connectivity index (χ2v) is 4.46. The first-order valence-electron chi connectivity index (χ1n) is 5.43. The minimum atomic E-state index is -0.955. The summed E-state index contributed by atoms with van der Waals surface area (Å²) >= 11 is 5.60. The van der Waals surface area contributed by atoms with Crippen LogP contribution >= 0.6 is 11.6 Å². The normalized spacial score (nSPS) is 12.4. The van der Waals surface area contributed by atoms with E-state index >= 15 is 0 Å². The zero-order chi connectivity index (χ0) is 14.0. The second kappa shape index (κ2) is 5.31.